The molecular weight excluding hydrogens is 532 g/mol. The molecule has 0 radical (unpaired) electrons. The van der Waals surface area contributed by atoms with Crippen LogP contribution in [0.4, 0.5) is 14.6 Å². The topological polar surface area (TPSA) is 79.4 Å². The maximum atomic E-state index is 16.1. The number of anilines is 1. The molecule has 2 aromatic heterocycles. The van der Waals surface area contributed by atoms with Gasteiger partial charge in [-0.15, -0.1) is 11.3 Å². The Labute approximate surface area is 227 Å². The number of fused-ring (bicyclic) bond motifs is 2. The van der Waals surface area contributed by atoms with Crippen molar-refractivity contribution >= 4 is 55.7 Å². The van der Waals surface area contributed by atoms with E-state index in [4.69, 9.17) is 16.3 Å². The predicted molar refractivity (Wildman–Crippen MR) is 148 cm³/mol. The van der Waals surface area contributed by atoms with E-state index in [9.17, 15) is 9.18 Å². The highest BCUT2D eigenvalue weighted by atomic mass is 35.5. The zero-order valence-electron chi connectivity index (χ0n) is 20.7. The fourth-order valence-corrected chi connectivity index (χ4v) is 5.87. The zero-order chi connectivity index (χ0) is 26.8. The Morgan fingerprint density at radius 1 is 1.26 bits per heavy atom. The van der Waals surface area contributed by atoms with Crippen LogP contribution in [0.1, 0.15) is 12.8 Å². The van der Waals surface area contributed by atoms with Crippen molar-refractivity contribution in [1.82, 2.24) is 20.2 Å². The number of nitrogens with zero attached hydrogens (tertiary/aromatic N) is 3. The molecule has 1 fully saturated rings. The molecule has 1 aliphatic heterocycles. The van der Waals surface area contributed by atoms with Crippen LogP contribution in [-0.2, 0) is 4.79 Å². The van der Waals surface area contributed by atoms with Crippen LogP contribution < -0.4 is 15.4 Å². The summed E-state index contributed by atoms with van der Waals surface area (Å²) in [6.07, 6.45) is 2.09. The summed E-state index contributed by atoms with van der Waals surface area (Å²) in [6.45, 7) is 4.67. The van der Waals surface area contributed by atoms with E-state index < -0.39 is 17.6 Å². The van der Waals surface area contributed by atoms with Crippen LogP contribution in [0.15, 0.2) is 48.8 Å². The van der Waals surface area contributed by atoms with Crippen LogP contribution >= 0.6 is 22.9 Å². The number of nitrogens with one attached hydrogen (secondary N) is 2. The van der Waals surface area contributed by atoms with E-state index in [2.05, 4.69) is 32.1 Å². The highest BCUT2D eigenvalue weighted by Crippen LogP contribution is 2.39. The third-order valence-electron chi connectivity index (χ3n) is 6.62. The van der Waals surface area contributed by atoms with E-state index in [-0.39, 0.29) is 30.7 Å². The second kappa shape index (κ2) is 11.2. The van der Waals surface area contributed by atoms with Crippen molar-refractivity contribution in [3.05, 3.63) is 59.0 Å². The predicted octanol–water partition coefficient (Wildman–Crippen LogP) is 5.79. The highest BCUT2D eigenvalue weighted by molar-refractivity contribution is 7.23. The van der Waals surface area contributed by atoms with E-state index in [0.717, 1.165) is 35.0 Å². The fourth-order valence-electron chi connectivity index (χ4n) is 4.61. The lowest BCUT2D eigenvalue weighted by atomic mass is 10.0. The number of rotatable bonds is 9. The van der Waals surface area contributed by atoms with Crippen LogP contribution in [0.5, 0.6) is 6.01 Å². The molecule has 0 saturated carbocycles. The van der Waals surface area contributed by atoms with Crippen LogP contribution in [0, 0.1) is 5.82 Å². The number of likely N-dealkylation sites (tertiary alicyclic amines) is 1. The molecule has 1 amide bonds. The van der Waals surface area contributed by atoms with Gasteiger partial charge in [-0.2, -0.15) is 9.97 Å². The average molecular weight is 558 g/mol. The summed E-state index contributed by atoms with van der Waals surface area (Å²) in [5.41, 5.74) is 1.22. The standard InChI is InChI=1S/C27H26ClF2N5O2S/c1-15(29)26(36)32-11-10-31-25-20-9-8-18(19-7-3-5-16-13-21(28)38-24(16)19)22(30)23(20)33-27(34-25)37-14-17-6-4-12-35(17)2/h3,5,7-9,13,17H,1,4,6,10-12,14H2,2H3,(H,32,36)(H,31,33,34)/t17-/m0/s1. The largest absolute Gasteiger partial charge is 0.462 e. The van der Waals surface area contributed by atoms with Crippen LogP contribution in [0.2, 0.25) is 4.34 Å². The molecule has 198 valence electrons. The van der Waals surface area contributed by atoms with Gasteiger partial charge in [0.2, 0.25) is 0 Å². The Bertz CT molecular complexity index is 1530. The summed E-state index contributed by atoms with van der Waals surface area (Å²) in [6, 6.07) is 11.2. The maximum absolute atomic E-state index is 16.1. The van der Waals surface area contributed by atoms with Crippen molar-refractivity contribution in [2.24, 2.45) is 0 Å². The molecule has 0 spiro atoms. The number of ether oxygens (including phenoxy) is 1. The Balaban J connectivity index is 1.50. The minimum absolute atomic E-state index is 0.0508. The monoisotopic (exact) mass is 557 g/mol. The van der Waals surface area contributed by atoms with Crippen LogP contribution in [-0.4, -0.2) is 60.1 Å². The molecule has 0 aliphatic carbocycles. The number of aromatic nitrogens is 2. The molecule has 3 heterocycles. The maximum Gasteiger partial charge on any atom is 0.319 e. The van der Waals surface area contributed by atoms with Crippen LogP contribution in [0.3, 0.4) is 0 Å². The van der Waals surface area contributed by atoms with Gasteiger partial charge < -0.3 is 20.3 Å². The van der Waals surface area contributed by atoms with Gasteiger partial charge >= 0.3 is 6.01 Å². The number of hydrogen-bond acceptors (Lipinski definition) is 7. The fraction of sp³-hybridized carbons (Fsp3) is 0.296. The van der Waals surface area contributed by atoms with Gasteiger partial charge in [0.05, 0.1) is 4.34 Å². The summed E-state index contributed by atoms with van der Waals surface area (Å²) >= 11 is 7.63. The van der Waals surface area contributed by atoms with Gasteiger partial charge in [0.1, 0.15) is 17.9 Å². The number of halogens is 3. The lowest BCUT2D eigenvalue weighted by Gasteiger charge is -2.19. The zero-order valence-corrected chi connectivity index (χ0v) is 22.3. The Morgan fingerprint density at radius 3 is 2.87 bits per heavy atom. The van der Waals surface area contributed by atoms with Crippen molar-refractivity contribution in [2.45, 2.75) is 18.9 Å². The molecule has 11 heteroatoms. The molecular formula is C27H26ClF2N5O2S. The molecule has 38 heavy (non-hydrogen) atoms. The second-order valence-electron chi connectivity index (χ2n) is 9.13. The molecule has 4 aromatic rings. The van der Waals surface area contributed by atoms with Crippen molar-refractivity contribution in [1.29, 1.82) is 0 Å². The average Bonchev–Trinajstić information content (AvgIpc) is 3.49. The van der Waals surface area contributed by atoms with E-state index in [0.29, 0.717) is 27.7 Å². The molecule has 1 aliphatic rings. The van der Waals surface area contributed by atoms with E-state index in [1.54, 1.807) is 12.1 Å². The lowest BCUT2D eigenvalue weighted by Crippen LogP contribution is -2.31. The van der Waals surface area contributed by atoms with Gasteiger partial charge in [-0.1, -0.05) is 42.4 Å². The van der Waals surface area contributed by atoms with Crippen LogP contribution in [0.25, 0.3) is 32.1 Å². The minimum atomic E-state index is -1.07. The summed E-state index contributed by atoms with van der Waals surface area (Å²) in [5.74, 6) is -2.11. The smallest absolute Gasteiger partial charge is 0.319 e. The van der Waals surface area contributed by atoms with E-state index in [1.165, 1.54) is 11.3 Å². The third kappa shape index (κ3) is 5.43. The SMILES string of the molecule is C=C(F)C(=O)NCCNc1nc(OC[C@@H]2CCCN2C)nc2c(F)c(-c3cccc4cc(Cl)sc34)ccc12. The molecule has 2 aromatic carbocycles. The summed E-state index contributed by atoms with van der Waals surface area (Å²) < 4.78 is 36.5. The third-order valence-corrected chi connectivity index (χ3v) is 7.93. The molecule has 0 bridgehead atoms. The number of carbonyl (C=O) groups is 1. The Morgan fingerprint density at radius 2 is 2.11 bits per heavy atom. The van der Waals surface area contributed by atoms with Gasteiger partial charge in [0.25, 0.3) is 5.91 Å². The van der Waals surface area contributed by atoms with Crippen molar-refractivity contribution in [3.63, 3.8) is 0 Å². The summed E-state index contributed by atoms with van der Waals surface area (Å²) in [7, 11) is 2.04. The Hall–Kier alpha value is -3.34. The number of thiophene rings is 1. The molecule has 7 nitrogen and oxygen atoms in total. The van der Waals surface area contributed by atoms with Crippen molar-refractivity contribution < 1.29 is 18.3 Å². The molecule has 1 atom stereocenters. The van der Waals surface area contributed by atoms with Gasteiger partial charge in [-0.3, -0.25) is 4.79 Å². The van der Waals surface area contributed by atoms with Crippen molar-refractivity contribution in [3.8, 4) is 17.1 Å². The molecule has 2 N–H and O–H groups in total. The van der Waals surface area contributed by atoms with Gasteiger partial charge in [-0.05, 0) is 44.0 Å². The molecule has 5 rings (SSSR count). The first-order valence-electron chi connectivity index (χ1n) is 12.2. The number of benzene rings is 2. The number of amides is 1. The summed E-state index contributed by atoms with van der Waals surface area (Å²) in [4.78, 5) is 22.6. The second-order valence-corrected chi connectivity index (χ2v) is 10.8. The summed E-state index contributed by atoms with van der Waals surface area (Å²) in [5, 5.41) is 6.88. The Kier molecular flexibility index (Phi) is 7.73. The number of carbonyl (C=O) groups excluding carboxylic acids is 1. The molecule has 1 saturated heterocycles. The quantitative estimate of drug-likeness (QED) is 0.200. The first-order valence-corrected chi connectivity index (χ1v) is 13.4. The van der Waals surface area contributed by atoms with Gasteiger partial charge in [0.15, 0.2) is 11.6 Å². The normalized spacial score (nSPS) is 15.7. The first kappa shape index (κ1) is 26.3. The van der Waals surface area contributed by atoms with E-state index in [1.807, 2.05) is 31.3 Å². The first-order chi connectivity index (χ1) is 18.3. The van der Waals surface area contributed by atoms with Gasteiger partial charge in [-0.25, -0.2) is 8.78 Å². The highest BCUT2D eigenvalue weighted by Gasteiger charge is 2.23. The number of hydrogen-bond donors (Lipinski definition) is 2. The number of likely N-dealkylation sites (N-methyl/N-ethyl adjacent to an activating group) is 1. The van der Waals surface area contributed by atoms with Gasteiger partial charge in [0, 0.05) is 40.3 Å². The van der Waals surface area contributed by atoms with Crippen molar-refractivity contribution in [2.75, 3.05) is 38.6 Å². The van der Waals surface area contributed by atoms with E-state index >= 15 is 4.39 Å². The molecule has 0 unspecified atom stereocenters. The lowest BCUT2D eigenvalue weighted by molar-refractivity contribution is -0.118. The minimum Gasteiger partial charge on any atom is -0.462 e.